The highest BCUT2D eigenvalue weighted by atomic mass is 35.5. The number of H-pyrrole nitrogens is 1. The van der Waals surface area contributed by atoms with Crippen LogP contribution < -0.4 is 4.72 Å². The van der Waals surface area contributed by atoms with Gasteiger partial charge in [0.15, 0.2) is 5.82 Å². The zero-order valence-electron chi connectivity index (χ0n) is 15.5. The number of ketones is 1. The molecule has 0 amide bonds. The molecule has 3 aromatic rings. The molecule has 0 radical (unpaired) electrons. The van der Waals surface area contributed by atoms with Gasteiger partial charge in [-0.1, -0.05) is 25.4 Å². The standard InChI is InChI=1S/C18H17ClF2N4O3S/c1-3-25(4-2)29(27,28)24-13-6-5-12(20)15(16(13)21)17(26)10-9-23-18-14(10)11(19)7-8-22-18/h5-9,24H,3-4H2,1-2H3,(H,22,23). The molecule has 11 heteroatoms. The van der Waals surface area contributed by atoms with Gasteiger partial charge in [-0.05, 0) is 18.2 Å². The summed E-state index contributed by atoms with van der Waals surface area (Å²) in [5, 5.41) is 0.394. The average Bonchev–Trinajstić information content (AvgIpc) is 3.10. The Bertz CT molecular complexity index is 1190. The summed E-state index contributed by atoms with van der Waals surface area (Å²) in [4.78, 5) is 19.6. The van der Waals surface area contributed by atoms with Crippen molar-refractivity contribution in [1.29, 1.82) is 0 Å². The number of pyridine rings is 1. The Hall–Kier alpha value is -2.56. The number of hydrogen-bond donors (Lipinski definition) is 2. The minimum atomic E-state index is -4.08. The van der Waals surface area contributed by atoms with E-state index in [0.717, 1.165) is 16.4 Å². The molecule has 154 valence electrons. The van der Waals surface area contributed by atoms with Crippen molar-refractivity contribution in [3.8, 4) is 0 Å². The Balaban J connectivity index is 2.09. The number of nitrogens with zero attached hydrogens (tertiary/aromatic N) is 2. The van der Waals surface area contributed by atoms with Crippen molar-refractivity contribution in [2.75, 3.05) is 17.8 Å². The number of hydrogen-bond acceptors (Lipinski definition) is 4. The molecule has 1 aromatic carbocycles. The van der Waals surface area contributed by atoms with Crippen molar-refractivity contribution in [3.63, 3.8) is 0 Å². The van der Waals surface area contributed by atoms with E-state index in [4.69, 9.17) is 11.6 Å². The largest absolute Gasteiger partial charge is 0.345 e. The van der Waals surface area contributed by atoms with Gasteiger partial charge in [-0.3, -0.25) is 9.52 Å². The lowest BCUT2D eigenvalue weighted by Gasteiger charge is -2.20. The molecule has 3 rings (SSSR count). The van der Waals surface area contributed by atoms with Crippen LogP contribution in [-0.2, 0) is 10.2 Å². The average molecular weight is 443 g/mol. The Labute approximate surface area is 170 Å². The number of carbonyl (C=O) groups excluding carboxylic acids is 1. The summed E-state index contributed by atoms with van der Waals surface area (Å²) in [6.07, 6.45) is 2.66. The molecule has 2 N–H and O–H groups in total. The fourth-order valence-corrected chi connectivity index (χ4v) is 4.43. The van der Waals surface area contributed by atoms with Crippen LogP contribution in [0.3, 0.4) is 0 Å². The van der Waals surface area contributed by atoms with E-state index < -0.39 is 38.9 Å². The van der Waals surface area contributed by atoms with Crippen LogP contribution in [0.25, 0.3) is 11.0 Å². The van der Waals surface area contributed by atoms with Crippen molar-refractivity contribution < 1.29 is 22.0 Å². The molecule has 29 heavy (non-hydrogen) atoms. The second-order valence-corrected chi connectivity index (χ2v) is 8.10. The number of rotatable bonds is 7. The Morgan fingerprint density at radius 1 is 1.24 bits per heavy atom. The lowest BCUT2D eigenvalue weighted by molar-refractivity contribution is 0.103. The Kier molecular flexibility index (Phi) is 5.87. The van der Waals surface area contributed by atoms with Gasteiger partial charge in [0.05, 0.1) is 21.8 Å². The molecule has 2 heterocycles. The van der Waals surface area contributed by atoms with Gasteiger partial charge in [0.1, 0.15) is 11.5 Å². The molecular weight excluding hydrogens is 426 g/mol. The molecular formula is C18H17ClF2N4O3S. The zero-order chi connectivity index (χ0) is 21.3. The maximum absolute atomic E-state index is 15.0. The molecule has 2 aromatic heterocycles. The Morgan fingerprint density at radius 2 is 1.93 bits per heavy atom. The maximum atomic E-state index is 15.0. The molecule has 7 nitrogen and oxygen atoms in total. The molecule has 0 saturated heterocycles. The van der Waals surface area contributed by atoms with E-state index in [1.807, 2.05) is 0 Å². The number of benzene rings is 1. The van der Waals surface area contributed by atoms with Crippen LogP contribution >= 0.6 is 11.6 Å². The van der Waals surface area contributed by atoms with Crippen molar-refractivity contribution >= 4 is 44.3 Å². The van der Waals surface area contributed by atoms with Crippen molar-refractivity contribution in [3.05, 3.63) is 58.4 Å². The molecule has 0 saturated carbocycles. The monoisotopic (exact) mass is 442 g/mol. The summed E-state index contributed by atoms with van der Waals surface area (Å²) in [5.41, 5.74) is -1.24. The van der Waals surface area contributed by atoms with Gasteiger partial charge in [0.25, 0.3) is 0 Å². The molecule has 0 aliphatic heterocycles. The third-order valence-corrected chi connectivity index (χ3v) is 6.36. The highest BCUT2D eigenvalue weighted by molar-refractivity contribution is 7.90. The zero-order valence-corrected chi connectivity index (χ0v) is 17.0. The van der Waals surface area contributed by atoms with Gasteiger partial charge in [-0.15, -0.1) is 0 Å². The van der Waals surface area contributed by atoms with E-state index in [9.17, 15) is 17.6 Å². The summed E-state index contributed by atoms with van der Waals surface area (Å²) < 4.78 is 57.3. The first-order chi connectivity index (χ1) is 13.7. The van der Waals surface area contributed by atoms with Crippen LogP contribution in [0.2, 0.25) is 5.02 Å². The number of anilines is 1. The van der Waals surface area contributed by atoms with Crippen LogP contribution in [0.4, 0.5) is 14.5 Å². The number of fused-ring (bicyclic) bond motifs is 1. The van der Waals surface area contributed by atoms with Gasteiger partial charge in [-0.2, -0.15) is 12.7 Å². The van der Waals surface area contributed by atoms with E-state index in [2.05, 4.69) is 14.7 Å². The minimum Gasteiger partial charge on any atom is -0.345 e. The highest BCUT2D eigenvalue weighted by Crippen LogP contribution is 2.30. The fourth-order valence-electron chi connectivity index (χ4n) is 2.94. The van der Waals surface area contributed by atoms with E-state index in [-0.39, 0.29) is 34.7 Å². The van der Waals surface area contributed by atoms with Gasteiger partial charge in [-0.25, -0.2) is 13.8 Å². The Morgan fingerprint density at radius 3 is 2.59 bits per heavy atom. The quantitative estimate of drug-likeness (QED) is 0.545. The van der Waals surface area contributed by atoms with Crippen LogP contribution in [0.1, 0.15) is 29.8 Å². The molecule has 0 aliphatic rings. The number of carbonyl (C=O) groups is 1. The van der Waals surface area contributed by atoms with Crippen LogP contribution in [0.5, 0.6) is 0 Å². The second-order valence-electron chi connectivity index (χ2n) is 6.02. The SMILES string of the molecule is CCN(CC)S(=O)(=O)Nc1ccc(F)c(C(=O)c2c[nH]c3nccc(Cl)c23)c1F. The maximum Gasteiger partial charge on any atom is 0.301 e. The van der Waals surface area contributed by atoms with Crippen molar-refractivity contribution in [2.24, 2.45) is 0 Å². The summed E-state index contributed by atoms with van der Waals surface area (Å²) in [5.74, 6) is -3.45. The first-order valence-corrected chi connectivity index (χ1v) is 10.4. The molecule has 0 unspecified atom stereocenters. The second kappa shape index (κ2) is 8.05. The van der Waals surface area contributed by atoms with Gasteiger partial charge in [0, 0.05) is 30.9 Å². The first kappa shape index (κ1) is 21.2. The van der Waals surface area contributed by atoms with E-state index >= 15 is 4.39 Å². The summed E-state index contributed by atoms with van der Waals surface area (Å²) >= 11 is 6.10. The predicted octanol–water partition coefficient (Wildman–Crippen LogP) is 3.72. The van der Waals surface area contributed by atoms with Gasteiger partial charge >= 0.3 is 10.2 Å². The van der Waals surface area contributed by atoms with Crippen molar-refractivity contribution in [1.82, 2.24) is 14.3 Å². The van der Waals surface area contributed by atoms with E-state index in [0.29, 0.717) is 0 Å². The van der Waals surface area contributed by atoms with Crippen LogP contribution in [0, 0.1) is 11.6 Å². The number of aromatic amines is 1. The summed E-state index contributed by atoms with van der Waals surface area (Å²) in [6.45, 7) is 3.55. The normalized spacial score (nSPS) is 11.9. The minimum absolute atomic E-state index is 0.0837. The topological polar surface area (TPSA) is 95.2 Å². The number of halogens is 3. The fraction of sp³-hybridized carbons (Fsp3) is 0.222. The molecule has 0 atom stereocenters. The van der Waals surface area contributed by atoms with Crippen LogP contribution in [-0.4, -0.2) is 41.6 Å². The molecule has 0 spiro atoms. The number of aromatic nitrogens is 2. The van der Waals surface area contributed by atoms with Crippen molar-refractivity contribution in [2.45, 2.75) is 13.8 Å². The lowest BCUT2D eigenvalue weighted by Crippen LogP contribution is -2.35. The van der Waals surface area contributed by atoms with Gasteiger partial charge < -0.3 is 4.98 Å². The lowest BCUT2D eigenvalue weighted by atomic mass is 10.0. The highest BCUT2D eigenvalue weighted by Gasteiger charge is 2.27. The molecule has 0 aliphatic carbocycles. The van der Waals surface area contributed by atoms with E-state index in [1.165, 1.54) is 18.5 Å². The molecule has 0 fully saturated rings. The van der Waals surface area contributed by atoms with Crippen LogP contribution in [0.15, 0.2) is 30.6 Å². The summed E-state index contributed by atoms with van der Waals surface area (Å²) in [7, 11) is -4.08. The third-order valence-electron chi connectivity index (χ3n) is 4.37. The number of nitrogens with one attached hydrogen (secondary N) is 2. The first-order valence-electron chi connectivity index (χ1n) is 8.63. The van der Waals surface area contributed by atoms with Gasteiger partial charge in [0.2, 0.25) is 5.78 Å². The molecule has 0 bridgehead atoms. The smallest absolute Gasteiger partial charge is 0.301 e. The summed E-state index contributed by atoms with van der Waals surface area (Å²) in [6, 6.07) is 3.19. The van der Waals surface area contributed by atoms with E-state index in [1.54, 1.807) is 13.8 Å². The third kappa shape index (κ3) is 3.83. The predicted molar refractivity (Wildman–Crippen MR) is 106 cm³/mol.